The van der Waals surface area contributed by atoms with Crippen LogP contribution in [0.15, 0.2) is 36.1 Å². The van der Waals surface area contributed by atoms with Gasteiger partial charge in [0.2, 0.25) is 5.78 Å². The molecule has 2 aromatic rings. The van der Waals surface area contributed by atoms with Gasteiger partial charge in [-0.2, -0.15) is 0 Å². The maximum atomic E-state index is 13.0. The number of allylic oxidation sites excluding steroid dienone is 1. The largest absolute Gasteiger partial charge is 0.872 e. The zero-order chi connectivity index (χ0) is 21.3. The lowest BCUT2D eigenvalue weighted by Crippen LogP contribution is -3.11. The number of fused-ring (bicyclic) bond motifs is 1. The Bertz CT molecular complexity index is 989. The first-order valence-corrected chi connectivity index (χ1v) is 10.3. The van der Waals surface area contributed by atoms with Crippen molar-refractivity contribution in [3.8, 4) is 23.0 Å². The number of hydrogen-bond acceptors (Lipinski definition) is 5. The van der Waals surface area contributed by atoms with Gasteiger partial charge in [-0.15, -0.1) is 0 Å². The van der Waals surface area contributed by atoms with Gasteiger partial charge in [0, 0.05) is 11.1 Å². The van der Waals surface area contributed by atoms with Crippen molar-refractivity contribution in [3.63, 3.8) is 0 Å². The number of methoxy groups -OCH3 is 2. The molecule has 0 aromatic heterocycles. The van der Waals surface area contributed by atoms with E-state index in [1.807, 2.05) is 12.1 Å². The van der Waals surface area contributed by atoms with Crippen LogP contribution in [0.2, 0.25) is 0 Å². The van der Waals surface area contributed by atoms with Crippen molar-refractivity contribution in [3.05, 3.63) is 52.8 Å². The fourth-order valence-corrected chi connectivity index (χ4v) is 4.22. The summed E-state index contributed by atoms with van der Waals surface area (Å²) < 4.78 is 16.8. The summed E-state index contributed by atoms with van der Waals surface area (Å²) in [5.74, 6) is 2.12. The summed E-state index contributed by atoms with van der Waals surface area (Å²) in [7, 11) is 3.11. The first-order valence-electron chi connectivity index (χ1n) is 10.3. The van der Waals surface area contributed by atoms with Crippen LogP contribution in [0.4, 0.5) is 0 Å². The average Bonchev–Trinajstić information content (AvgIpc) is 3.07. The monoisotopic (exact) mass is 409 g/mol. The number of benzene rings is 2. The zero-order valence-electron chi connectivity index (χ0n) is 17.6. The maximum Gasteiger partial charge on any atom is 0.231 e. The normalized spacial score (nSPS) is 22.0. The first kappa shape index (κ1) is 20.3. The Balaban J connectivity index is 1.66. The van der Waals surface area contributed by atoms with Crippen LogP contribution in [0.3, 0.4) is 0 Å². The van der Waals surface area contributed by atoms with Gasteiger partial charge in [0.25, 0.3) is 0 Å². The number of piperidine rings is 1. The summed E-state index contributed by atoms with van der Waals surface area (Å²) in [5.41, 5.74) is 1.71. The minimum Gasteiger partial charge on any atom is -0.872 e. The van der Waals surface area contributed by atoms with Gasteiger partial charge in [-0.1, -0.05) is 30.9 Å². The molecule has 0 unspecified atom stereocenters. The third-order valence-electron chi connectivity index (χ3n) is 6.03. The number of quaternary nitrogens is 1. The number of hydrogen-bond donors (Lipinski definition) is 1. The molecule has 2 heterocycles. The maximum absolute atomic E-state index is 13.0. The molecule has 0 amide bonds. The Morgan fingerprint density at radius 1 is 1.17 bits per heavy atom. The van der Waals surface area contributed by atoms with Gasteiger partial charge in [-0.3, -0.25) is 4.79 Å². The van der Waals surface area contributed by atoms with Crippen LogP contribution < -0.4 is 24.2 Å². The second-order valence-electron chi connectivity index (χ2n) is 8.05. The van der Waals surface area contributed by atoms with Crippen LogP contribution in [0.5, 0.6) is 23.0 Å². The second kappa shape index (κ2) is 8.40. The van der Waals surface area contributed by atoms with E-state index in [-0.39, 0.29) is 17.3 Å². The van der Waals surface area contributed by atoms with Crippen molar-refractivity contribution in [1.29, 1.82) is 0 Å². The summed E-state index contributed by atoms with van der Waals surface area (Å²) in [4.78, 5) is 14.3. The van der Waals surface area contributed by atoms with E-state index in [1.165, 1.54) is 11.0 Å². The van der Waals surface area contributed by atoms with E-state index in [2.05, 4.69) is 6.92 Å². The van der Waals surface area contributed by atoms with Crippen LogP contribution in [-0.2, 0) is 6.54 Å². The number of para-hydroxylation sites is 1. The summed E-state index contributed by atoms with van der Waals surface area (Å²) >= 11 is 0. The Morgan fingerprint density at radius 2 is 1.93 bits per heavy atom. The molecule has 1 fully saturated rings. The highest BCUT2D eigenvalue weighted by Crippen LogP contribution is 2.40. The quantitative estimate of drug-likeness (QED) is 0.767. The molecule has 30 heavy (non-hydrogen) atoms. The SMILES string of the molecule is COc1cccc(/C=C2\Oc3c(ccc([O-])c3C[NH+]3CCC(C)CC3)C2=O)c1OC. The standard InChI is InChI=1S/C24H27NO5/c1-15-9-11-25(12-10-15)14-18-19(26)8-7-17-22(27)21(30-24(17)18)13-16-5-4-6-20(28-2)23(16)29-3/h4-8,13,15,26H,9-12,14H2,1-3H3/b21-13-. The van der Waals surface area contributed by atoms with E-state index < -0.39 is 0 Å². The summed E-state index contributed by atoms with van der Waals surface area (Å²) in [6.07, 6.45) is 3.95. The number of carbonyl (C=O) groups excluding carboxylic acids is 1. The topological polar surface area (TPSA) is 72.3 Å². The Hall–Kier alpha value is -2.99. The minimum atomic E-state index is -0.224. The van der Waals surface area contributed by atoms with Gasteiger partial charge >= 0.3 is 0 Å². The summed E-state index contributed by atoms with van der Waals surface area (Å²) in [5, 5.41) is 12.6. The molecule has 158 valence electrons. The number of nitrogens with one attached hydrogen (secondary N) is 1. The lowest BCUT2D eigenvalue weighted by molar-refractivity contribution is -0.919. The van der Waals surface area contributed by atoms with Crippen molar-refractivity contribution in [1.82, 2.24) is 0 Å². The van der Waals surface area contributed by atoms with Gasteiger partial charge in [-0.25, -0.2) is 0 Å². The Labute approximate surface area is 176 Å². The molecule has 2 aliphatic rings. The summed E-state index contributed by atoms with van der Waals surface area (Å²) in [6, 6.07) is 8.49. The zero-order valence-corrected chi connectivity index (χ0v) is 17.6. The molecule has 2 aliphatic heterocycles. The van der Waals surface area contributed by atoms with Gasteiger partial charge in [-0.05, 0) is 37.0 Å². The van der Waals surface area contributed by atoms with Crippen LogP contribution in [0.25, 0.3) is 6.08 Å². The van der Waals surface area contributed by atoms with Crippen molar-refractivity contribution < 1.29 is 29.0 Å². The van der Waals surface area contributed by atoms with Crippen LogP contribution in [0, 0.1) is 5.92 Å². The lowest BCUT2D eigenvalue weighted by atomic mass is 9.98. The molecule has 4 rings (SSSR count). The molecule has 0 atom stereocenters. The number of ether oxygens (including phenoxy) is 3. The van der Waals surface area contributed by atoms with Gasteiger partial charge < -0.3 is 24.2 Å². The van der Waals surface area contributed by atoms with E-state index in [4.69, 9.17) is 14.2 Å². The molecule has 0 bridgehead atoms. The predicted molar refractivity (Wildman–Crippen MR) is 111 cm³/mol. The van der Waals surface area contributed by atoms with Crippen LogP contribution >= 0.6 is 0 Å². The predicted octanol–water partition coefficient (Wildman–Crippen LogP) is 2.21. The molecular weight excluding hydrogens is 382 g/mol. The van der Waals surface area contributed by atoms with Crippen LogP contribution in [-0.4, -0.2) is 33.1 Å². The molecule has 0 saturated carbocycles. The molecular formula is C24H27NO5. The molecule has 1 saturated heterocycles. The molecule has 6 heteroatoms. The van der Waals surface area contributed by atoms with Gasteiger partial charge in [0.15, 0.2) is 17.3 Å². The van der Waals surface area contributed by atoms with Gasteiger partial charge in [0.1, 0.15) is 12.3 Å². The Kier molecular flexibility index (Phi) is 5.68. The molecule has 2 aromatic carbocycles. The molecule has 6 nitrogen and oxygen atoms in total. The van der Waals surface area contributed by atoms with Crippen molar-refractivity contribution in [2.24, 2.45) is 5.92 Å². The van der Waals surface area contributed by atoms with E-state index >= 15 is 0 Å². The molecule has 1 N–H and O–H groups in total. The molecule has 0 radical (unpaired) electrons. The average molecular weight is 409 g/mol. The highest BCUT2D eigenvalue weighted by molar-refractivity contribution is 6.15. The number of Topliss-reactive ketones (excluding diaryl/α,β-unsaturated/α-hetero) is 1. The number of carbonyl (C=O) groups is 1. The lowest BCUT2D eigenvalue weighted by Gasteiger charge is -2.29. The summed E-state index contributed by atoms with van der Waals surface area (Å²) in [6.45, 7) is 4.91. The third kappa shape index (κ3) is 3.75. The number of likely N-dealkylation sites (tertiary alicyclic amines) is 1. The number of rotatable bonds is 5. The smallest absolute Gasteiger partial charge is 0.231 e. The van der Waals surface area contributed by atoms with Crippen molar-refractivity contribution in [2.75, 3.05) is 27.3 Å². The fraction of sp³-hybridized carbons (Fsp3) is 0.375. The highest BCUT2D eigenvalue weighted by atomic mass is 16.5. The van der Waals surface area contributed by atoms with E-state index in [0.717, 1.165) is 31.8 Å². The molecule has 0 spiro atoms. The van der Waals surface area contributed by atoms with Crippen LogP contribution in [0.1, 0.15) is 41.3 Å². The van der Waals surface area contributed by atoms with E-state index in [0.29, 0.717) is 40.5 Å². The Morgan fingerprint density at radius 3 is 2.63 bits per heavy atom. The number of ketones is 1. The minimum absolute atomic E-state index is 0.0760. The van der Waals surface area contributed by atoms with Crippen molar-refractivity contribution in [2.45, 2.75) is 26.3 Å². The highest BCUT2D eigenvalue weighted by Gasteiger charge is 2.32. The third-order valence-corrected chi connectivity index (χ3v) is 6.03. The first-order chi connectivity index (χ1) is 14.5. The van der Waals surface area contributed by atoms with Gasteiger partial charge in [0.05, 0.1) is 32.9 Å². The molecule has 0 aliphatic carbocycles. The van der Waals surface area contributed by atoms with E-state index in [1.54, 1.807) is 32.4 Å². The second-order valence-corrected chi connectivity index (χ2v) is 8.05. The van der Waals surface area contributed by atoms with Crippen molar-refractivity contribution >= 4 is 11.9 Å². The van der Waals surface area contributed by atoms with E-state index in [9.17, 15) is 9.90 Å². The fourth-order valence-electron chi connectivity index (χ4n) is 4.22.